The van der Waals surface area contributed by atoms with Gasteiger partial charge in [0, 0.05) is 16.3 Å². The Labute approximate surface area is 129 Å². The zero-order chi connectivity index (χ0) is 15.2. The maximum atomic E-state index is 12.0. The summed E-state index contributed by atoms with van der Waals surface area (Å²) in [5, 5.41) is 0. The molecule has 1 atom stereocenters. The molecule has 0 saturated carbocycles. The summed E-state index contributed by atoms with van der Waals surface area (Å²) in [6.45, 7) is 1.98. The van der Waals surface area contributed by atoms with Crippen LogP contribution in [0.1, 0.15) is 17.0 Å². The van der Waals surface area contributed by atoms with Gasteiger partial charge in [0.25, 0.3) is 0 Å². The van der Waals surface area contributed by atoms with Crippen LogP contribution in [0.2, 0.25) is 0 Å². The molecule has 2 rings (SSSR count). The van der Waals surface area contributed by atoms with Gasteiger partial charge in [0.05, 0.1) is 13.0 Å². The van der Waals surface area contributed by atoms with Crippen molar-refractivity contribution in [1.82, 2.24) is 0 Å². The van der Waals surface area contributed by atoms with Gasteiger partial charge in [0.1, 0.15) is 0 Å². The maximum absolute atomic E-state index is 12.0. The van der Waals surface area contributed by atoms with Gasteiger partial charge >= 0.3 is 5.97 Å². The van der Waals surface area contributed by atoms with Crippen LogP contribution in [0, 0.1) is 6.92 Å². The lowest BCUT2D eigenvalue weighted by molar-refractivity contribution is -0.141. The number of carbonyl (C=O) groups excluding carboxylic acids is 1. The fraction of sp³-hybridized carbons (Fsp3) is 0.235. The van der Waals surface area contributed by atoms with Crippen molar-refractivity contribution in [2.45, 2.75) is 17.7 Å². The quantitative estimate of drug-likeness (QED) is 0.520. The Bertz CT molecular complexity index is 613. The van der Waals surface area contributed by atoms with Crippen LogP contribution in [-0.2, 0) is 9.53 Å². The lowest BCUT2D eigenvalue weighted by atomic mass is 10.0. The average Bonchev–Trinajstić information content (AvgIpc) is 2.51. The Morgan fingerprint density at radius 2 is 1.95 bits per heavy atom. The smallest absolute Gasteiger partial charge is 0.313 e. The van der Waals surface area contributed by atoms with Crippen LogP contribution < -0.4 is 5.73 Å². The number of hydrogen-bond donors (Lipinski definition) is 1. The number of anilines is 1. The van der Waals surface area contributed by atoms with E-state index >= 15 is 0 Å². The van der Waals surface area contributed by atoms with E-state index in [9.17, 15) is 4.79 Å². The summed E-state index contributed by atoms with van der Waals surface area (Å²) in [5.74, 6) is 0.167. The first-order valence-corrected chi connectivity index (χ1v) is 7.72. The van der Waals surface area contributed by atoms with Gasteiger partial charge in [-0.2, -0.15) is 0 Å². The normalized spacial score (nSPS) is 11.9. The van der Waals surface area contributed by atoms with E-state index in [1.165, 1.54) is 7.11 Å². The molecule has 1 unspecified atom stereocenters. The summed E-state index contributed by atoms with van der Waals surface area (Å²) in [7, 11) is 1.43. The number of nitrogens with two attached hydrogens (primary N) is 1. The van der Waals surface area contributed by atoms with E-state index in [1.54, 1.807) is 11.8 Å². The second-order valence-electron chi connectivity index (χ2n) is 4.82. The molecule has 2 N–H and O–H groups in total. The second kappa shape index (κ2) is 7.18. The van der Waals surface area contributed by atoms with E-state index in [-0.39, 0.29) is 11.9 Å². The van der Waals surface area contributed by atoms with Crippen molar-refractivity contribution in [3.63, 3.8) is 0 Å². The Kier molecular flexibility index (Phi) is 5.28. The number of rotatable bonds is 5. The first kappa shape index (κ1) is 15.4. The highest BCUT2D eigenvalue weighted by Crippen LogP contribution is 2.29. The summed E-state index contributed by atoms with van der Waals surface area (Å²) < 4.78 is 4.93. The number of benzene rings is 2. The van der Waals surface area contributed by atoms with Crippen molar-refractivity contribution in [3.8, 4) is 0 Å². The molecule has 0 radical (unpaired) electrons. The minimum atomic E-state index is -0.265. The first-order chi connectivity index (χ1) is 10.1. The Hall–Kier alpha value is -1.94. The minimum Gasteiger partial charge on any atom is -0.469 e. The molecule has 0 aliphatic carbocycles. The monoisotopic (exact) mass is 301 g/mol. The van der Waals surface area contributed by atoms with Crippen molar-refractivity contribution < 1.29 is 9.53 Å². The van der Waals surface area contributed by atoms with Crippen LogP contribution >= 0.6 is 11.8 Å². The molecule has 0 aliphatic heterocycles. The molecule has 3 nitrogen and oxygen atoms in total. The number of carbonyl (C=O) groups is 1. The maximum Gasteiger partial charge on any atom is 0.313 e. The van der Waals surface area contributed by atoms with E-state index in [1.807, 2.05) is 55.5 Å². The van der Waals surface area contributed by atoms with Crippen molar-refractivity contribution in [2.75, 3.05) is 18.6 Å². The molecule has 0 fully saturated rings. The zero-order valence-corrected chi connectivity index (χ0v) is 13.0. The van der Waals surface area contributed by atoms with Crippen LogP contribution in [-0.4, -0.2) is 18.8 Å². The zero-order valence-electron chi connectivity index (χ0n) is 12.2. The highest BCUT2D eigenvalue weighted by Gasteiger charge is 2.21. The van der Waals surface area contributed by atoms with Gasteiger partial charge in [-0.1, -0.05) is 30.3 Å². The number of hydrogen-bond acceptors (Lipinski definition) is 4. The Balaban J connectivity index is 2.12. The van der Waals surface area contributed by atoms with E-state index in [4.69, 9.17) is 10.5 Å². The number of methoxy groups -OCH3 is 1. The molecular weight excluding hydrogens is 282 g/mol. The second-order valence-corrected chi connectivity index (χ2v) is 5.91. The summed E-state index contributed by atoms with van der Waals surface area (Å²) >= 11 is 1.63. The van der Waals surface area contributed by atoms with Gasteiger partial charge < -0.3 is 10.5 Å². The third-order valence-electron chi connectivity index (χ3n) is 3.35. The predicted molar refractivity (Wildman–Crippen MR) is 87.5 cm³/mol. The molecule has 110 valence electrons. The van der Waals surface area contributed by atoms with Gasteiger partial charge in [-0.25, -0.2) is 0 Å². The first-order valence-electron chi connectivity index (χ1n) is 6.73. The standard InChI is InChI=1S/C17H19NO2S/c1-12-10-14(8-9-16(12)18)21-11-15(17(19)20-2)13-6-4-3-5-7-13/h3-10,15H,11,18H2,1-2H3. The van der Waals surface area contributed by atoms with Crippen LogP contribution in [0.15, 0.2) is 53.4 Å². The molecule has 0 heterocycles. The fourth-order valence-electron chi connectivity index (χ4n) is 2.05. The van der Waals surface area contributed by atoms with Gasteiger partial charge in [0.2, 0.25) is 0 Å². The average molecular weight is 301 g/mol. The highest BCUT2D eigenvalue weighted by atomic mass is 32.2. The topological polar surface area (TPSA) is 52.3 Å². The lowest BCUT2D eigenvalue weighted by Gasteiger charge is -2.15. The third kappa shape index (κ3) is 4.02. The van der Waals surface area contributed by atoms with Gasteiger partial charge in [0.15, 0.2) is 0 Å². The van der Waals surface area contributed by atoms with Crippen LogP contribution in [0.3, 0.4) is 0 Å². The minimum absolute atomic E-state index is 0.208. The lowest BCUT2D eigenvalue weighted by Crippen LogP contribution is -2.16. The van der Waals surface area contributed by atoms with Crippen LogP contribution in [0.4, 0.5) is 5.69 Å². The van der Waals surface area contributed by atoms with Crippen LogP contribution in [0.5, 0.6) is 0 Å². The fourth-order valence-corrected chi connectivity index (χ4v) is 3.16. The molecular formula is C17H19NO2S. The molecule has 0 aliphatic rings. The van der Waals surface area contributed by atoms with Crippen molar-refractivity contribution in [2.24, 2.45) is 0 Å². The molecule has 2 aromatic rings. The van der Waals surface area contributed by atoms with Crippen molar-refractivity contribution in [1.29, 1.82) is 0 Å². The molecule has 0 spiro atoms. The molecule has 0 aromatic heterocycles. The predicted octanol–water partition coefficient (Wildman–Crippen LogP) is 3.63. The summed E-state index contributed by atoms with van der Waals surface area (Å²) in [5.41, 5.74) is 8.63. The number of ether oxygens (including phenoxy) is 1. The van der Waals surface area contributed by atoms with E-state index in [0.29, 0.717) is 5.75 Å². The Morgan fingerprint density at radius 3 is 2.57 bits per heavy atom. The van der Waals surface area contributed by atoms with Crippen molar-refractivity contribution in [3.05, 3.63) is 59.7 Å². The third-order valence-corrected chi connectivity index (χ3v) is 4.43. The molecule has 0 saturated heterocycles. The van der Waals surface area contributed by atoms with Crippen LogP contribution in [0.25, 0.3) is 0 Å². The number of aryl methyl sites for hydroxylation is 1. The van der Waals surface area contributed by atoms with E-state index in [2.05, 4.69) is 0 Å². The van der Waals surface area contributed by atoms with E-state index < -0.39 is 0 Å². The Morgan fingerprint density at radius 1 is 1.24 bits per heavy atom. The van der Waals surface area contributed by atoms with E-state index in [0.717, 1.165) is 21.7 Å². The van der Waals surface area contributed by atoms with Gasteiger partial charge in [-0.15, -0.1) is 11.8 Å². The molecule has 0 bridgehead atoms. The largest absolute Gasteiger partial charge is 0.469 e. The van der Waals surface area contributed by atoms with Gasteiger partial charge in [-0.3, -0.25) is 4.79 Å². The van der Waals surface area contributed by atoms with Gasteiger partial charge in [-0.05, 0) is 36.2 Å². The molecule has 0 amide bonds. The summed E-state index contributed by atoms with van der Waals surface area (Å²) in [6.07, 6.45) is 0. The molecule has 2 aromatic carbocycles. The summed E-state index contributed by atoms with van der Waals surface area (Å²) in [6, 6.07) is 15.6. The molecule has 4 heteroatoms. The number of esters is 1. The summed E-state index contributed by atoms with van der Waals surface area (Å²) in [4.78, 5) is 13.1. The SMILES string of the molecule is COC(=O)C(CSc1ccc(N)c(C)c1)c1ccccc1. The number of thioether (sulfide) groups is 1. The van der Waals surface area contributed by atoms with Crippen molar-refractivity contribution >= 4 is 23.4 Å². The molecule has 21 heavy (non-hydrogen) atoms. The number of nitrogen functional groups attached to an aromatic ring is 1. The highest BCUT2D eigenvalue weighted by molar-refractivity contribution is 7.99.